The summed E-state index contributed by atoms with van der Waals surface area (Å²) < 4.78 is 5.25. The van der Waals surface area contributed by atoms with Crippen LogP contribution in [0.4, 0.5) is 0 Å². The van der Waals surface area contributed by atoms with Crippen molar-refractivity contribution in [1.29, 1.82) is 0 Å². The minimum absolute atomic E-state index is 0.310. The highest BCUT2D eigenvalue weighted by Crippen LogP contribution is 2.28. The summed E-state index contributed by atoms with van der Waals surface area (Å²) in [6, 6.07) is 17.0. The number of benzene rings is 2. The van der Waals surface area contributed by atoms with Gasteiger partial charge in [0.15, 0.2) is 0 Å². The Morgan fingerprint density at radius 3 is 2.17 bits per heavy atom. The van der Waals surface area contributed by atoms with E-state index in [4.69, 9.17) is 4.74 Å². The van der Waals surface area contributed by atoms with Crippen molar-refractivity contribution in [1.82, 2.24) is 15.5 Å². The van der Waals surface area contributed by atoms with Crippen LogP contribution >= 0.6 is 0 Å². The maximum atomic E-state index is 5.25. The second kappa shape index (κ2) is 7.11. The highest BCUT2D eigenvalue weighted by molar-refractivity contribution is 5.62. The van der Waals surface area contributed by atoms with Crippen molar-refractivity contribution in [3.05, 3.63) is 72.1 Å². The molecule has 23 heavy (non-hydrogen) atoms. The smallest absolute Gasteiger partial charge is 0.118 e. The summed E-state index contributed by atoms with van der Waals surface area (Å²) >= 11 is 0. The molecule has 1 heterocycles. The summed E-state index contributed by atoms with van der Waals surface area (Å²) in [4.78, 5) is 0. The van der Waals surface area contributed by atoms with Gasteiger partial charge in [-0.05, 0) is 35.9 Å². The van der Waals surface area contributed by atoms with Crippen LogP contribution in [0.5, 0.6) is 5.75 Å². The van der Waals surface area contributed by atoms with E-state index in [1.165, 1.54) is 16.7 Å². The van der Waals surface area contributed by atoms with Crippen LogP contribution in [-0.4, -0.2) is 30.9 Å². The maximum Gasteiger partial charge on any atom is 0.118 e. The van der Waals surface area contributed by atoms with Crippen molar-refractivity contribution in [3.63, 3.8) is 0 Å². The van der Waals surface area contributed by atoms with Crippen molar-refractivity contribution >= 4 is 0 Å². The van der Waals surface area contributed by atoms with Crippen molar-refractivity contribution in [3.8, 4) is 16.9 Å². The Balaban J connectivity index is 1.88. The number of H-pyrrole nitrogens is 1. The Kier molecular flexibility index (Phi) is 4.74. The van der Waals surface area contributed by atoms with Crippen LogP contribution in [-0.2, 0) is 0 Å². The van der Waals surface area contributed by atoms with E-state index in [2.05, 4.69) is 51.9 Å². The lowest BCUT2D eigenvalue weighted by Crippen LogP contribution is -2.18. The molecule has 0 aliphatic carbocycles. The molecule has 0 saturated carbocycles. The number of nitrogens with zero attached hydrogens (tertiary/aromatic N) is 1. The first-order chi connectivity index (χ1) is 11.3. The third kappa shape index (κ3) is 3.43. The Labute approximate surface area is 136 Å². The molecule has 0 bridgehead atoms. The van der Waals surface area contributed by atoms with E-state index < -0.39 is 0 Å². The average Bonchev–Trinajstić information content (AvgIpc) is 3.15. The molecule has 0 fully saturated rings. The molecule has 1 aromatic heterocycles. The predicted molar refractivity (Wildman–Crippen MR) is 92.8 cm³/mol. The second-order valence-electron chi connectivity index (χ2n) is 5.49. The predicted octanol–water partition coefficient (Wildman–Crippen LogP) is 3.44. The molecule has 118 valence electrons. The zero-order chi connectivity index (χ0) is 16.1. The summed E-state index contributed by atoms with van der Waals surface area (Å²) in [5.41, 5.74) is 4.83. The fraction of sp³-hybridized carbons (Fsp3) is 0.211. The molecule has 0 aliphatic rings. The largest absolute Gasteiger partial charge is 0.497 e. The van der Waals surface area contributed by atoms with Gasteiger partial charge in [-0.15, -0.1) is 0 Å². The van der Waals surface area contributed by atoms with E-state index in [-0.39, 0.29) is 0 Å². The SMILES string of the molecule is CNCC(c1ccc(OC)cc1)c1ccc(-c2cn[nH]c2)cc1. The molecular weight excluding hydrogens is 286 g/mol. The quantitative estimate of drug-likeness (QED) is 0.733. The molecule has 1 unspecified atom stereocenters. The fourth-order valence-corrected chi connectivity index (χ4v) is 2.79. The number of nitrogens with one attached hydrogen (secondary N) is 2. The van der Waals surface area contributed by atoms with E-state index in [0.717, 1.165) is 17.9 Å². The molecule has 4 nitrogen and oxygen atoms in total. The van der Waals surface area contributed by atoms with E-state index >= 15 is 0 Å². The van der Waals surface area contributed by atoms with Gasteiger partial charge in [0.25, 0.3) is 0 Å². The van der Waals surface area contributed by atoms with Gasteiger partial charge in [-0.2, -0.15) is 5.10 Å². The molecule has 4 heteroatoms. The summed E-state index contributed by atoms with van der Waals surface area (Å²) in [6.45, 7) is 0.886. The fourth-order valence-electron chi connectivity index (χ4n) is 2.79. The van der Waals surface area contributed by atoms with Gasteiger partial charge in [-0.3, -0.25) is 5.10 Å². The van der Waals surface area contributed by atoms with E-state index in [0.29, 0.717) is 5.92 Å². The van der Waals surface area contributed by atoms with Crippen LogP contribution in [0, 0.1) is 0 Å². The van der Waals surface area contributed by atoms with Gasteiger partial charge in [0.2, 0.25) is 0 Å². The van der Waals surface area contributed by atoms with Gasteiger partial charge >= 0.3 is 0 Å². The Bertz CT molecular complexity index is 718. The van der Waals surface area contributed by atoms with Gasteiger partial charge < -0.3 is 10.1 Å². The molecule has 0 radical (unpaired) electrons. The molecule has 2 aromatic carbocycles. The first-order valence-electron chi connectivity index (χ1n) is 7.69. The monoisotopic (exact) mass is 307 g/mol. The highest BCUT2D eigenvalue weighted by Gasteiger charge is 2.14. The Morgan fingerprint density at radius 2 is 1.65 bits per heavy atom. The molecular formula is C19H21N3O. The molecule has 0 amide bonds. The minimum Gasteiger partial charge on any atom is -0.497 e. The maximum absolute atomic E-state index is 5.25. The molecule has 0 saturated heterocycles. The van der Waals surface area contributed by atoms with Crippen LogP contribution in [0.1, 0.15) is 17.0 Å². The number of hydrogen-bond acceptors (Lipinski definition) is 3. The lowest BCUT2D eigenvalue weighted by molar-refractivity contribution is 0.414. The van der Waals surface area contributed by atoms with Gasteiger partial charge in [0.1, 0.15) is 5.75 Å². The topological polar surface area (TPSA) is 49.9 Å². The van der Waals surface area contributed by atoms with Crippen molar-refractivity contribution in [2.24, 2.45) is 0 Å². The Hall–Kier alpha value is -2.59. The highest BCUT2D eigenvalue weighted by atomic mass is 16.5. The zero-order valence-electron chi connectivity index (χ0n) is 13.4. The summed E-state index contributed by atoms with van der Waals surface area (Å²) in [6.07, 6.45) is 3.74. The average molecular weight is 307 g/mol. The minimum atomic E-state index is 0.310. The van der Waals surface area contributed by atoms with Crippen LogP contribution < -0.4 is 10.1 Å². The lowest BCUT2D eigenvalue weighted by atomic mass is 9.90. The zero-order valence-corrected chi connectivity index (χ0v) is 13.4. The van der Waals surface area contributed by atoms with Gasteiger partial charge in [-0.25, -0.2) is 0 Å². The first kappa shape index (κ1) is 15.3. The number of likely N-dealkylation sites (N-methyl/N-ethyl adjacent to an activating group) is 1. The number of methoxy groups -OCH3 is 1. The van der Waals surface area contributed by atoms with E-state index in [9.17, 15) is 0 Å². The molecule has 0 aliphatic heterocycles. The molecule has 0 spiro atoms. The second-order valence-corrected chi connectivity index (χ2v) is 5.49. The van der Waals surface area contributed by atoms with Crippen LogP contribution in [0.25, 0.3) is 11.1 Å². The molecule has 1 atom stereocenters. The van der Waals surface area contributed by atoms with Crippen molar-refractivity contribution < 1.29 is 4.74 Å². The van der Waals surface area contributed by atoms with E-state index in [1.807, 2.05) is 31.6 Å². The van der Waals surface area contributed by atoms with Crippen LogP contribution in [0.2, 0.25) is 0 Å². The number of rotatable bonds is 6. The van der Waals surface area contributed by atoms with E-state index in [1.54, 1.807) is 7.11 Å². The number of ether oxygens (including phenoxy) is 1. The van der Waals surface area contributed by atoms with Crippen molar-refractivity contribution in [2.45, 2.75) is 5.92 Å². The number of hydrogen-bond donors (Lipinski definition) is 2. The third-order valence-corrected chi connectivity index (χ3v) is 4.07. The van der Waals surface area contributed by atoms with Gasteiger partial charge in [0, 0.05) is 24.2 Å². The third-order valence-electron chi connectivity index (χ3n) is 4.07. The van der Waals surface area contributed by atoms with Crippen molar-refractivity contribution in [2.75, 3.05) is 20.7 Å². The van der Waals surface area contributed by atoms with Crippen LogP contribution in [0.15, 0.2) is 60.9 Å². The molecule has 2 N–H and O–H groups in total. The number of aromatic amines is 1. The molecule has 3 rings (SSSR count). The molecule has 3 aromatic rings. The summed E-state index contributed by atoms with van der Waals surface area (Å²) in [5.74, 6) is 1.19. The standard InChI is InChI=1S/C19H21N3O/c1-20-13-19(16-7-9-18(23-2)10-8-16)15-5-3-14(4-6-15)17-11-21-22-12-17/h3-12,19-20H,13H2,1-2H3,(H,21,22). The van der Waals surface area contributed by atoms with Gasteiger partial charge in [-0.1, -0.05) is 36.4 Å². The normalized spacial score (nSPS) is 12.1. The first-order valence-corrected chi connectivity index (χ1v) is 7.69. The number of aromatic nitrogens is 2. The summed E-state index contributed by atoms with van der Waals surface area (Å²) in [7, 11) is 3.67. The lowest BCUT2D eigenvalue weighted by Gasteiger charge is -2.18. The van der Waals surface area contributed by atoms with Crippen LogP contribution in [0.3, 0.4) is 0 Å². The summed E-state index contributed by atoms with van der Waals surface area (Å²) in [5, 5.41) is 10.1. The Morgan fingerprint density at radius 1 is 1.00 bits per heavy atom. The van der Waals surface area contributed by atoms with Gasteiger partial charge in [0.05, 0.1) is 13.3 Å².